The summed E-state index contributed by atoms with van der Waals surface area (Å²) < 4.78 is 0. The van der Waals surface area contributed by atoms with E-state index >= 15 is 0 Å². The summed E-state index contributed by atoms with van der Waals surface area (Å²) in [5.74, 6) is 0. The van der Waals surface area contributed by atoms with E-state index in [1.165, 1.54) is 39.2 Å². The third kappa shape index (κ3) is 4.01. The Bertz CT molecular complexity index is 606. The van der Waals surface area contributed by atoms with Crippen LogP contribution >= 0.6 is 0 Å². The molecule has 2 N–H and O–H groups in total. The van der Waals surface area contributed by atoms with Gasteiger partial charge in [0.2, 0.25) is 0 Å². The number of rotatable bonds is 5. The topological polar surface area (TPSA) is 24.1 Å². The number of aryl methyl sites for hydroxylation is 5. The average molecular weight is 282 g/mol. The second-order valence-electron chi connectivity index (χ2n) is 5.95. The van der Waals surface area contributed by atoms with Crippen LogP contribution in [-0.2, 0) is 0 Å². The van der Waals surface area contributed by atoms with E-state index in [9.17, 15) is 0 Å². The molecule has 0 saturated heterocycles. The van der Waals surface area contributed by atoms with Crippen LogP contribution in [-0.4, -0.2) is 13.1 Å². The molecule has 0 atom stereocenters. The first kappa shape index (κ1) is 15.4. The van der Waals surface area contributed by atoms with Crippen LogP contribution in [0.5, 0.6) is 0 Å². The minimum absolute atomic E-state index is 0.914. The summed E-state index contributed by atoms with van der Waals surface area (Å²) in [6.45, 7) is 12.6. The van der Waals surface area contributed by atoms with Gasteiger partial charge in [-0.25, -0.2) is 0 Å². The highest BCUT2D eigenvalue weighted by atomic mass is 15.0. The number of hydrogen-bond donors (Lipinski definition) is 2. The molecule has 0 unspecified atom stereocenters. The Balaban J connectivity index is 1.92. The van der Waals surface area contributed by atoms with Crippen LogP contribution in [0, 0.1) is 34.6 Å². The Morgan fingerprint density at radius 2 is 1.29 bits per heavy atom. The molecule has 0 spiro atoms. The lowest BCUT2D eigenvalue weighted by atomic mass is 10.1. The summed E-state index contributed by atoms with van der Waals surface area (Å²) >= 11 is 0. The molecule has 2 nitrogen and oxygen atoms in total. The van der Waals surface area contributed by atoms with Crippen LogP contribution in [0.1, 0.15) is 27.8 Å². The minimum atomic E-state index is 0.914. The van der Waals surface area contributed by atoms with Crippen molar-refractivity contribution in [3.8, 4) is 0 Å². The second-order valence-corrected chi connectivity index (χ2v) is 5.95. The van der Waals surface area contributed by atoms with E-state index in [2.05, 4.69) is 75.6 Å². The van der Waals surface area contributed by atoms with Crippen molar-refractivity contribution >= 4 is 11.4 Å². The van der Waals surface area contributed by atoms with Gasteiger partial charge in [-0.1, -0.05) is 29.8 Å². The first-order valence-corrected chi connectivity index (χ1v) is 7.60. The third-order valence-corrected chi connectivity index (χ3v) is 3.81. The zero-order chi connectivity index (χ0) is 15.4. The zero-order valence-electron chi connectivity index (χ0n) is 13.8. The van der Waals surface area contributed by atoms with Gasteiger partial charge >= 0.3 is 0 Å². The lowest BCUT2D eigenvalue weighted by Gasteiger charge is -2.15. The molecule has 0 saturated carbocycles. The van der Waals surface area contributed by atoms with Crippen LogP contribution in [0.15, 0.2) is 30.3 Å². The molecule has 0 aliphatic carbocycles. The Morgan fingerprint density at radius 3 is 1.95 bits per heavy atom. The molecule has 0 aliphatic rings. The number of nitrogens with one attached hydrogen (secondary N) is 2. The Labute approximate surface area is 128 Å². The number of benzene rings is 2. The molecular formula is C19H26N2. The standard InChI is InChI=1S/C19H26N2/c1-13-6-7-15(3)18(12-13)20-8-9-21-19-16(4)10-14(2)11-17(19)5/h6-7,10-12,20-21H,8-9H2,1-5H3. The van der Waals surface area contributed by atoms with Crippen LogP contribution in [0.2, 0.25) is 0 Å². The maximum atomic E-state index is 3.55. The number of anilines is 2. The normalized spacial score (nSPS) is 10.5. The van der Waals surface area contributed by atoms with Crippen LogP contribution in [0.25, 0.3) is 0 Å². The van der Waals surface area contributed by atoms with E-state index in [0.717, 1.165) is 13.1 Å². The number of hydrogen-bond acceptors (Lipinski definition) is 2. The predicted molar refractivity (Wildman–Crippen MR) is 93.5 cm³/mol. The Hall–Kier alpha value is -1.96. The molecule has 0 radical (unpaired) electrons. The van der Waals surface area contributed by atoms with Crippen molar-refractivity contribution in [3.63, 3.8) is 0 Å². The highest BCUT2D eigenvalue weighted by Gasteiger charge is 2.03. The van der Waals surface area contributed by atoms with Crippen molar-refractivity contribution in [1.82, 2.24) is 0 Å². The highest BCUT2D eigenvalue weighted by molar-refractivity contribution is 5.58. The van der Waals surface area contributed by atoms with E-state index in [0.29, 0.717) is 0 Å². The van der Waals surface area contributed by atoms with Crippen molar-refractivity contribution in [3.05, 3.63) is 58.1 Å². The van der Waals surface area contributed by atoms with Gasteiger partial charge in [0.05, 0.1) is 0 Å². The second kappa shape index (κ2) is 6.66. The van der Waals surface area contributed by atoms with E-state index < -0.39 is 0 Å². The van der Waals surface area contributed by atoms with Crippen molar-refractivity contribution in [2.24, 2.45) is 0 Å². The first-order chi connectivity index (χ1) is 9.97. The largest absolute Gasteiger partial charge is 0.383 e. The quantitative estimate of drug-likeness (QED) is 0.773. The lowest BCUT2D eigenvalue weighted by Crippen LogP contribution is -2.15. The molecule has 0 aromatic heterocycles. The third-order valence-electron chi connectivity index (χ3n) is 3.81. The van der Waals surface area contributed by atoms with Gasteiger partial charge in [0, 0.05) is 24.5 Å². The molecule has 2 heteroatoms. The molecule has 2 aromatic rings. The molecule has 2 rings (SSSR count). The van der Waals surface area contributed by atoms with Gasteiger partial charge in [-0.15, -0.1) is 0 Å². The maximum absolute atomic E-state index is 3.55. The van der Waals surface area contributed by atoms with E-state index in [4.69, 9.17) is 0 Å². The van der Waals surface area contributed by atoms with Gasteiger partial charge in [0.15, 0.2) is 0 Å². The van der Waals surface area contributed by atoms with Crippen molar-refractivity contribution in [1.29, 1.82) is 0 Å². The molecular weight excluding hydrogens is 256 g/mol. The summed E-state index contributed by atoms with van der Waals surface area (Å²) in [4.78, 5) is 0. The van der Waals surface area contributed by atoms with Gasteiger partial charge in [0.1, 0.15) is 0 Å². The summed E-state index contributed by atoms with van der Waals surface area (Å²) in [5, 5.41) is 7.06. The Morgan fingerprint density at radius 1 is 0.667 bits per heavy atom. The van der Waals surface area contributed by atoms with Crippen LogP contribution in [0.3, 0.4) is 0 Å². The first-order valence-electron chi connectivity index (χ1n) is 7.60. The van der Waals surface area contributed by atoms with Gasteiger partial charge in [-0.05, 0) is 62.9 Å². The monoisotopic (exact) mass is 282 g/mol. The molecule has 0 amide bonds. The van der Waals surface area contributed by atoms with Gasteiger partial charge in [0.25, 0.3) is 0 Å². The molecule has 0 aliphatic heterocycles. The van der Waals surface area contributed by atoms with E-state index in [1.807, 2.05) is 0 Å². The maximum Gasteiger partial charge on any atom is 0.0400 e. The average Bonchev–Trinajstić information content (AvgIpc) is 2.40. The van der Waals surface area contributed by atoms with Crippen LogP contribution < -0.4 is 10.6 Å². The van der Waals surface area contributed by atoms with Gasteiger partial charge in [-0.3, -0.25) is 0 Å². The fourth-order valence-corrected chi connectivity index (χ4v) is 2.77. The van der Waals surface area contributed by atoms with Gasteiger partial charge < -0.3 is 10.6 Å². The van der Waals surface area contributed by atoms with Gasteiger partial charge in [-0.2, -0.15) is 0 Å². The van der Waals surface area contributed by atoms with Crippen molar-refractivity contribution < 1.29 is 0 Å². The fraction of sp³-hybridized carbons (Fsp3) is 0.368. The Kier molecular flexibility index (Phi) is 4.89. The molecule has 2 aromatic carbocycles. The fourth-order valence-electron chi connectivity index (χ4n) is 2.77. The smallest absolute Gasteiger partial charge is 0.0400 e. The van der Waals surface area contributed by atoms with Crippen molar-refractivity contribution in [2.75, 3.05) is 23.7 Å². The van der Waals surface area contributed by atoms with E-state index in [1.54, 1.807) is 0 Å². The summed E-state index contributed by atoms with van der Waals surface area (Å²) in [6.07, 6.45) is 0. The van der Waals surface area contributed by atoms with Crippen LogP contribution in [0.4, 0.5) is 11.4 Å². The SMILES string of the molecule is Cc1cc(C)c(NCCNc2cc(C)ccc2C)c(C)c1. The highest BCUT2D eigenvalue weighted by Crippen LogP contribution is 2.21. The molecule has 112 valence electrons. The molecule has 0 bridgehead atoms. The zero-order valence-corrected chi connectivity index (χ0v) is 13.8. The molecule has 0 fully saturated rings. The predicted octanol–water partition coefficient (Wildman–Crippen LogP) is 4.75. The summed E-state index contributed by atoms with van der Waals surface area (Å²) in [7, 11) is 0. The summed E-state index contributed by atoms with van der Waals surface area (Å²) in [6, 6.07) is 11.0. The van der Waals surface area contributed by atoms with E-state index in [-0.39, 0.29) is 0 Å². The molecule has 0 heterocycles. The summed E-state index contributed by atoms with van der Waals surface area (Å²) in [5.41, 5.74) is 9.05. The lowest BCUT2D eigenvalue weighted by molar-refractivity contribution is 1.06. The molecule has 21 heavy (non-hydrogen) atoms. The van der Waals surface area contributed by atoms with Crippen molar-refractivity contribution in [2.45, 2.75) is 34.6 Å². The minimum Gasteiger partial charge on any atom is -0.383 e.